The van der Waals surface area contributed by atoms with Crippen molar-refractivity contribution in [1.29, 1.82) is 0 Å². The van der Waals surface area contributed by atoms with Gasteiger partial charge in [0.25, 0.3) is 5.91 Å². The van der Waals surface area contributed by atoms with E-state index in [1.807, 2.05) is 38.1 Å². The molecule has 1 N–H and O–H groups in total. The van der Waals surface area contributed by atoms with Gasteiger partial charge >= 0.3 is 0 Å². The maximum absolute atomic E-state index is 13.0. The van der Waals surface area contributed by atoms with Gasteiger partial charge in [-0.25, -0.2) is 4.68 Å². The Bertz CT molecular complexity index is 1250. The summed E-state index contributed by atoms with van der Waals surface area (Å²) in [6.07, 6.45) is 0. The minimum atomic E-state index is -0.141. The maximum Gasteiger partial charge on any atom is 0.255 e. The first-order valence-electron chi connectivity index (χ1n) is 10.4. The summed E-state index contributed by atoms with van der Waals surface area (Å²) >= 11 is 0. The summed E-state index contributed by atoms with van der Waals surface area (Å²) in [5.74, 6) is -0.141. The van der Waals surface area contributed by atoms with Gasteiger partial charge in [-0.3, -0.25) is 4.79 Å². The van der Waals surface area contributed by atoms with Crippen LogP contribution in [0.4, 0.5) is 5.69 Å². The maximum atomic E-state index is 13.0. The van der Waals surface area contributed by atoms with Gasteiger partial charge in [-0.05, 0) is 57.0 Å². The van der Waals surface area contributed by atoms with Crippen molar-refractivity contribution in [2.75, 3.05) is 12.4 Å². The summed E-state index contributed by atoms with van der Waals surface area (Å²) in [6.45, 7) is 9.21. The molecule has 0 aliphatic rings. The Morgan fingerprint density at radius 1 is 1.03 bits per heavy atom. The number of amides is 1. The molecule has 0 radical (unpaired) electrons. The molecule has 0 atom stereocenters. The highest BCUT2D eigenvalue weighted by atomic mass is 16.5. The van der Waals surface area contributed by atoms with E-state index in [0.29, 0.717) is 12.3 Å². The molecule has 31 heavy (non-hydrogen) atoms. The molecule has 6 nitrogen and oxygen atoms in total. The highest BCUT2D eigenvalue weighted by molar-refractivity contribution is 6.07. The number of anilines is 1. The predicted octanol–water partition coefficient (Wildman–Crippen LogP) is 4.98. The van der Waals surface area contributed by atoms with Gasteiger partial charge in [0.1, 0.15) is 6.73 Å². The summed E-state index contributed by atoms with van der Waals surface area (Å²) < 4.78 is 9.22. The number of carbonyl (C=O) groups excluding carboxylic acids is 1. The van der Waals surface area contributed by atoms with Crippen LogP contribution in [0.2, 0.25) is 0 Å². The molecule has 0 bridgehead atoms. The number of benzene rings is 2. The lowest BCUT2D eigenvalue weighted by Crippen LogP contribution is -2.13. The first-order chi connectivity index (χ1) is 14.9. The van der Waals surface area contributed by atoms with Gasteiger partial charge in [0, 0.05) is 35.8 Å². The molecule has 4 aromatic rings. The molecule has 2 aromatic heterocycles. The van der Waals surface area contributed by atoms with Crippen LogP contribution in [0.1, 0.15) is 38.6 Å². The lowest BCUT2D eigenvalue weighted by Gasteiger charge is -2.10. The van der Waals surface area contributed by atoms with Gasteiger partial charge < -0.3 is 14.6 Å². The number of nitrogens with one attached hydrogen (secondary N) is 1. The van der Waals surface area contributed by atoms with Crippen LogP contribution in [0.3, 0.4) is 0 Å². The molecule has 1 amide bonds. The summed E-state index contributed by atoms with van der Waals surface area (Å²) in [5.41, 5.74) is 7.80. The molecule has 0 unspecified atom stereocenters. The van der Waals surface area contributed by atoms with Crippen LogP contribution in [-0.2, 0) is 18.0 Å². The van der Waals surface area contributed by atoms with Crippen molar-refractivity contribution in [3.63, 3.8) is 0 Å². The van der Waals surface area contributed by atoms with Crippen LogP contribution >= 0.6 is 0 Å². The van der Waals surface area contributed by atoms with E-state index in [1.165, 1.54) is 16.8 Å². The topological polar surface area (TPSA) is 61.1 Å². The number of rotatable bonds is 6. The zero-order valence-corrected chi connectivity index (χ0v) is 18.7. The van der Waals surface area contributed by atoms with Gasteiger partial charge in [0.15, 0.2) is 0 Å². The van der Waals surface area contributed by atoms with E-state index in [9.17, 15) is 4.79 Å². The first-order valence-corrected chi connectivity index (χ1v) is 10.4. The van der Waals surface area contributed by atoms with Crippen molar-refractivity contribution in [2.45, 2.75) is 41.0 Å². The number of hydrogen-bond donors (Lipinski definition) is 1. The molecule has 0 aliphatic heterocycles. The average Bonchev–Trinajstić information content (AvgIpc) is 3.17. The molecule has 6 heteroatoms. The van der Waals surface area contributed by atoms with Crippen molar-refractivity contribution in [3.8, 4) is 0 Å². The lowest BCUT2D eigenvalue weighted by molar-refractivity contribution is 0.102. The summed E-state index contributed by atoms with van der Waals surface area (Å²) in [6, 6.07) is 16.3. The fraction of sp³-hybridized carbons (Fsp3) is 0.280. The molecule has 0 saturated carbocycles. The van der Waals surface area contributed by atoms with Gasteiger partial charge in [-0.1, -0.05) is 30.3 Å². The number of aryl methyl sites for hydroxylation is 2. The quantitative estimate of drug-likeness (QED) is 0.482. The molecule has 0 fully saturated rings. The zero-order valence-electron chi connectivity index (χ0n) is 18.7. The highest BCUT2D eigenvalue weighted by Crippen LogP contribution is 2.28. The Morgan fingerprint density at radius 2 is 1.77 bits per heavy atom. The van der Waals surface area contributed by atoms with Crippen molar-refractivity contribution >= 4 is 22.5 Å². The fourth-order valence-corrected chi connectivity index (χ4v) is 4.07. The molecule has 2 heterocycles. The minimum absolute atomic E-state index is 0.141. The monoisotopic (exact) mass is 416 g/mol. The van der Waals surface area contributed by atoms with Crippen molar-refractivity contribution < 1.29 is 9.53 Å². The molecule has 160 valence electrons. The molecular weight excluding hydrogens is 388 g/mol. The number of hydrogen-bond acceptors (Lipinski definition) is 3. The van der Waals surface area contributed by atoms with E-state index in [4.69, 9.17) is 4.74 Å². The molecular formula is C25H28N4O2. The predicted molar refractivity (Wildman–Crippen MR) is 124 cm³/mol. The number of ether oxygens (including phenoxy) is 1. The third-order valence-corrected chi connectivity index (χ3v) is 5.96. The van der Waals surface area contributed by atoms with Gasteiger partial charge in [0.2, 0.25) is 0 Å². The van der Waals surface area contributed by atoms with E-state index in [-0.39, 0.29) is 5.91 Å². The van der Waals surface area contributed by atoms with Crippen LogP contribution in [0, 0.1) is 27.7 Å². The Kier molecular flexibility index (Phi) is 5.65. The van der Waals surface area contributed by atoms with Crippen LogP contribution in [0.15, 0.2) is 48.5 Å². The van der Waals surface area contributed by atoms with Crippen molar-refractivity contribution in [1.82, 2.24) is 14.3 Å². The third-order valence-electron chi connectivity index (χ3n) is 5.96. The summed E-state index contributed by atoms with van der Waals surface area (Å²) in [4.78, 5) is 13.0. The zero-order chi connectivity index (χ0) is 22.1. The summed E-state index contributed by atoms with van der Waals surface area (Å²) in [7, 11) is 1.62. The van der Waals surface area contributed by atoms with E-state index < -0.39 is 0 Å². The number of nitrogens with zero attached hydrogens (tertiary/aromatic N) is 3. The van der Waals surface area contributed by atoms with Crippen molar-refractivity contribution in [3.05, 3.63) is 82.3 Å². The second-order valence-corrected chi connectivity index (χ2v) is 7.93. The standard InChI is InChI=1S/C25H28N4O2/c1-16-18(3)28(14-20-9-7-6-8-10-20)23-12-11-21(13-22(16)23)25(30)26-24-17(2)27-29(15-31-5)19(24)4/h6-13H,14-15H2,1-5H3,(H,26,30). The SMILES string of the molecule is COCn1nc(C)c(NC(=O)c2ccc3c(c2)c(C)c(C)n3Cc2ccccc2)c1C. The average molecular weight is 417 g/mol. The highest BCUT2D eigenvalue weighted by Gasteiger charge is 2.17. The van der Waals surface area contributed by atoms with E-state index in [1.54, 1.807) is 11.8 Å². The van der Waals surface area contributed by atoms with Crippen LogP contribution in [-0.4, -0.2) is 27.4 Å². The molecule has 4 rings (SSSR count). The normalized spacial score (nSPS) is 11.3. The van der Waals surface area contributed by atoms with Crippen molar-refractivity contribution in [2.24, 2.45) is 0 Å². The van der Waals surface area contributed by atoms with E-state index in [0.717, 1.165) is 34.5 Å². The van der Waals surface area contributed by atoms with E-state index in [2.05, 4.69) is 53.1 Å². The molecule has 0 saturated heterocycles. The second kappa shape index (κ2) is 8.40. The Labute approximate surface area is 182 Å². The number of carbonyl (C=O) groups is 1. The molecule has 2 aromatic carbocycles. The molecule has 0 spiro atoms. The lowest BCUT2D eigenvalue weighted by atomic mass is 10.1. The van der Waals surface area contributed by atoms with Gasteiger partial charge in [-0.15, -0.1) is 0 Å². The first kappa shape index (κ1) is 20.9. The van der Waals surface area contributed by atoms with Crippen LogP contribution < -0.4 is 5.32 Å². The molecule has 0 aliphatic carbocycles. The largest absolute Gasteiger partial charge is 0.362 e. The smallest absolute Gasteiger partial charge is 0.255 e. The Balaban J connectivity index is 1.65. The minimum Gasteiger partial charge on any atom is -0.362 e. The Hall–Kier alpha value is -3.38. The Morgan fingerprint density at radius 3 is 2.48 bits per heavy atom. The number of methoxy groups -OCH3 is 1. The third kappa shape index (κ3) is 3.86. The number of aromatic nitrogens is 3. The number of fused-ring (bicyclic) bond motifs is 1. The second-order valence-electron chi connectivity index (χ2n) is 7.93. The van der Waals surface area contributed by atoms with E-state index >= 15 is 0 Å². The van der Waals surface area contributed by atoms with Gasteiger partial charge in [-0.2, -0.15) is 5.10 Å². The fourth-order valence-electron chi connectivity index (χ4n) is 4.07. The summed E-state index contributed by atoms with van der Waals surface area (Å²) in [5, 5.41) is 8.57. The van der Waals surface area contributed by atoms with Crippen LogP contribution in [0.5, 0.6) is 0 Å². The van der Waals surface area contributed by atoms with Crippen LogP contribution in [0.25, 0.3) is 10.9 Å². The van der Waals surface area contributed by atoms with Gasteiger partial charge in [0.05, 0.1) is 17.1 Å².